The molecule has 25 heavy (non-hydrogen) atoms. The maximum Gasteiger partial charge on any atom is 0.224 e. The van der Waals surface area contributed by atoms with E-state index < -0.39 is 10.0 Å². The van der Waals surface area contributed by atoms with Gasteiger partial charge in [0.05, 0.1) is 12.2 Å². The van der Waals surface area contributed by atoms with E-state index in [0.717, 1.165) is 31.5 Å². The molecule has 1 N–H and O–H groups in total. The third-order valence-corrected chi connectivity index (χ3v) is 6.03. The zero-order valence-electron chi connectivity index (χ0n) is 15.4. The number of hydrogen-bond donors (Lipinski definition) is 1. The van der Waals surface area contributed by atoms with Crippen LogP contribution in [0.15, 0.2) is 24.3 Å². The second-order valence-corrected chi connectivity index (χ2v) is 8.50. The Labute approximate surface area is 151 Å². The van der Waals surface area contributed by atoms with Gasteiger partial charge in [0.2, 0.25) is 15.9 Å². The number of rotatable bonds is 7. The van der Waals surface area contributed by atoms with Gasteiger partial charge in [-0.1, -0.05) is 12.1 Å². The first-order valence-electron chi connectivity index (χ1n) is 8.91. The lowest BCUT2D eigenvalue weighted by Gasteiger charge is -2.30. The lowest BCUT2D eigenvalue weighted by atomic mass is 9.98. The molecule has 0 spiro atoms. The molecule has 1 aliphatic heterocycles. The highest BCUT2D eigenvalue weighted by atomic mass is 32.2. The van der Waals surface area contributed by atoms with E-state index in [9.17, 15) is 13.2 Å². The van der Waals surface area contributed by atoms with E-state index in [0.29, 0.717) is 13.1 Å². The number of nitrogens with one attached hydrogen (secondary N) is 1. The molecule has 0 radical (unpaired) electrons. The van der Waals surface area contributed by atoms with E-state index in [1.54, 1.807) is 0 Å². The fourth-order valence-corrected chi connectivity index (χ4v) is 4.12. The highest BCUT2D eigenvalue weighted by Gasteiger charge is 2.29. The van der Waals surface area contributed by atoms with Crippen LogP contribution in [0.25, 0.3) is 0 Å². The molecule has 1 atom stereocenters. The fraction of sp³-hybridized carbons (Fsp3) is 0.611. The molecular formula is C18H29N3O3S. The monoisotopic (exact) mass is 367 g/mol. The molecule has 0 aliphatic carbocycles. The van der Waals surface area contributed by atoms with Gasteiger partial charge in [0.1, 0.15) is 0 Å². The van der Waals surface area contributed by atoms with Gasteiger partial charge < -0.3 is 10.2 Å². The Morgan fingerprint density at radius 3 is 2.44 bits per heavy atom. The Balaban J connectivity index is 1.89. The van der Waals surface area contributed by atoms with E-state index in [1.807, 2.05) is 12.1 Å². The maximum atomic E-state index is 12.4. The summed E-state index contributed by atoms with van der Waals surface area (Å²) in [6, 6.07) is 8.19. The van der Waals surface area contributed by atoms with E-state index in [-0.39, 0.29) is 18.4 Å². The first-order valence-corrected chi connectivity index (χ1v) is 10.8. The molecule has 1 fully saturated rings. The standard InChI is InChI=1S/C18H29N3O3S/c1-4-20(5-2)17-10-8-15(9-11-17)13-19-18(22)16-7-6-12-21(14-16)25(3,23)24/h8-11,16H,4-7,12-14H2,1-3H3,(H,19,22)/t16-/m0/s1. The van der Waals surface area contributed by atoms with Crippen molar-refractivity contribution in [3.8, 4) is 0 Å². The summed E-state index contributed by atoms with van der Waals surface area (Å²) in [7, 11) is -3.23. The predicted octanol–water partition coefficient (Wildman–Crippen LogP) is 1.82. The van der Waals surface area contributed by atoms with Crippen molar-refractivity contribution in [2.45, 2.75) is 33.2 Å². The zero-order chi connectivity index (χ0) is 18.4. The molecule has 6 nitrogen and oxygen atoms in total. The smallest absolute Gasteiger partial charge is 0.224 e. The molecule has 1 heterocycles. The number of piperidine rings is 1. The third kappa shape index (κ3) is 5.44. The molecule has 0 aromatic heterocycles. The topological polar surface area (TPSA) is 69.7 Å². The Bertz CT molecular complexity index is 669. The van der Waals surface area contributed by atoms with Crippen LogP contribution >= 0.6 is 0 Å². The summed E-state index contributed by atoms with van der Waals surface area (Å²) in [6.45, 7) is 7.44. The van der Waals surface area contributed by atoms with Gasteiger partial charge in [0, 0.05) is 38.4 Å². The molecule has 1 saturated heterocycles. The van der Waals surface area contributed by atoms with Crippen molar-refractivity contribution < 1.29 is 13.2 Å². The van der Waals surface area contributed by atoms with Crippen molar-refractivity contribution in [2.75, 3.05) is 37.3 Å². The summed E-state index contributed by atoms with van der Waals surface area (Å²) in [6.07, 6.45) is 2.66. The van der Waals surface area contributed by atoms with Gasteiger partial charge in [-0.05, 0) is 44.4 Å². The molecule has 140 valence electrons. The van der Waals surface area contributed by atoms with Crippen LogP contribution in [-0.4, -0.2) is 51.1 Å². The zero-order valence-corrected chi connectivity index (χ0v) is 16.2. The predicted molar refractivity (Wildman–Crippen MR) is 101 cm³/mol. The van der Waals surface area contributed by atoms with Crippen molar-refractivity contribution in [3.63, 3.8) is 0 Å². The number of amides is 1. The van der Waals surface area contributed by atoms with Crippen LogP contribution in [-0.2, 0) is 21.4 Å². The molecule has 1 aromatic carbocycles. The Morgan fingerprint density at radius 2 is 1.88 bits per heavy atom. The van der Waals surface area contributed by atoms with E-state index >= 15 is 0 Å². The highest BCUT2D eigenvalue weighted by molar-refractivity contribution is 7.88. The molecule has 0 unspecified atom stereocenters. The molecule has 0 saturated carbocycles. The molecule has 1 amide bonds. The van der Waals surface area contributed by atoms with Crippen LogP contribution in [0.5, 0.6) is 0 Å². The van der Waals surface area contributed by atoms with Crippen LogP contribution in [0.4, 0.5) is 5.69 Å². The summed E-state index contributed by atoms with van der Waals surface area (Å²) < 4.78 is 24.7. The maximum absolute atomic E-state index is 12.4. The van der Waals surface area contributed by atoms with Crippen LogP contribution < -0.4 is 10.2 Å². The molecule has 7 heteroatoms. The summed E-state index contributed by atoms with van der Waals surface area (Å²) in [5.41, 5.74) is 2.22. The van der Waals surface area contributed by atoms with Crippen LogP contribution in [0.2, 0.25) is 0 Å². The number of sulfonamides is 1. The Hall–Kier alpha value is -1.60. The first kappa shape index (κ1) is 19.7. The molecule has 1 aliphatic rings. The minimum atomic E-state index is -3.23. The van der Waals surface area contributed by atoms with Crippen molar-refractivity contribution in [3.05, 3.63) is 29.8 Å². The van der Waals surface area contributed by atoms with E-state index in [2.05, 4.69) is 36.2 Å². The Morgan fingerprint density at radius 1 is 1.24 bits per heavy atom. The van der Waals surface area contributed by atoms with Crippen molar-refractivity contribution in [2.24, 2.45) is 5.92 Å². The van der Waals surface area contributed by atoms with Gasteiger partial charge in [0.25, 0.3) is 0 Å². The molecule has 1 aromatic rings. The van der Waals surface area contributed by atoms with Gasteiger partial charge in [-0.15, -0.1) is 0 Å². The fourth-order valence-electron chi connectivity index (χ4n) is 3.20. The van der Waals surface area contributed by atoms with Crippen LogP contribution in [0.3, 0.4) is 0 Å². The molecular weight excluding hydrogens is 338 g/mol. The Kier molecular flexibility index (Phi) is 6.84. The number of benzene rings is 1. The minimum Gasteiger partial charge on any atom is -0.372 e. The number of hydrogen-bond acceptors (Lipinski definition) is 4. The van der Waals surface area contributed by atoms with Gasteiger partial charge in [-0.2, -0.15) is 0 Å². The van der Waals surface area contributed by atoms with Gasteiger partial charge in [0.15, 0.2) is 0 Å². The second kappa shape index (κ2) is 8.67. The number of carbonyl (C=O) groups excluding carboxylic acids is 1. The van der Waals surface area contributed by atoms with Gasteiger partial charge >= 0.3 is 0 Å². The lowest BCUT2D eigenvalue weighted by molar-refractivity contribution is -0.126. The number of carbonyl (C=O) groups is 1. The first-order chi connectivity index (χ1) is 11.8. The second-order valence-electron chi connectivity index (χ2n) is 6.52. The summed E-state index contributed by atoms with van der Waals surface area (Å²) in [5.74, 6) is -0.334. The van der Waals surface area contributed by atoms with Crippen molar-refractivity contribution in [1.29, 1.82) is 0 Å². The van der Waals surface area contributed by atoms with Gasteiger partial charge in [-0.3, -0.25) is 4.79 Å². The average Bonchev–Trinajstić information content (AvgIpc) is 2.61. The average molecular weight is 368 g/mol. The highest BCUT2D eigenvalue weighted by Crippen LogP contribution is 2.19. The van der Waals surface area contributed by atoms with E-state index in [1.165, 1.54) is 16.2 Å². The van der Waals surface area contributed by atoms with Crippen LogP contribution in [0.1, 0.15) is 32.3 Å². The normalized spacial score (nSPS) is 18.8. The quantitative estimate of drug-likeness (QED) is 0.798. The SMILES string of the molecule is CCN(CC)c1ccc(CNC(=O)[C@H]2CCCN(S(C)(=O)=O)C2)cc1. The van der Waals surface area contributed by atoms with E-state index in [4.69, 9.17) is 0 Å². The van der Waals surface area contributed by atoms with Crippen molar-refractivity contribution in [1.82, 2.24) is 9.62 Å². The van der Waals surface area contributed by atoms with Crippen molar-refractivity contribution >= 4 is 21.6 Å². The van der Waals surface area contributed by atoms with Gasteiger partial charge in [-0.25, -0.2) is 12.7 Å². The number of anilines is 1. The third-order valence-electron chi connectivity index (χ3n) is 4.76. The number of nitrogens with zero attached hydrogens (tertiary/aromatic N) is 2. The molecule has 0 bridgehead atoms. The minimum absolute atomic E-state index is 0.0684. The lowest BCUT2D eigenvalue weighted by Crippen LogP contribution is -2.44. The largest absolute Gasteiger partial charge is 0.372 e. The molecule has 2 rings (SSSR count). The van der Waals surface area contributed by atoms with Crippen LogP contribution in [0, 0.1) is 5.92 Å². The summed E-state index contributed by atoms with van der Waals surface area (Å²) >= 11 is 0. The summed E-state index contributed by atoms with van der Waals surface area (Å²) in [5, 5.41) is 2.94. The summed E-state index contributed by atoms with van der Waals surface area (Å²) in [4.78, 5) is 14.6.